The van der Waals surface area contributed by atoms with Crippen molar-refractivity contribution >= 4 is 86.7 Å². The molecule has 0 aliphatic carbocycles. The fourth-order valence-corrected chi connectivity index (χ4v) is 12.1. The van der Waals surface area contributed by atoms with Gasteiger partial charge in [-0.1, -0.05) is 150 Å². The Kier molecular flexibility index (Phi) is 12.6. The normalized spacial score (nSPS) is 12.1. The first-order valence-electron chi connectivity index (χ1n) is 27.0. The number of rotatable bonds is 12. The van der Waals surface area contributed by atoms with Gasteiger partial charge in [-0.05, 0) is 187 Å². The van der Waals surface area contributed by atoms with E-state index in [4.69, 9.17) is 19.9 Å². The molecule has 5 heterocycles. The second-order valence-corrected chi connectivity index (χ2v) is 20.5. The summed E-state index contributed by atoms with van der Waals surface area (Å²) in [5, 5.41) is 14.6. The van der Waals surface area contributed by atoms with Gasteiger partial charge in [-0.15, -0.1) is 22.1 Å². The molecule has 0 atom stereocenters. The third-order valence-electron chi connectivity index (χ3n) is 15.9. The number of aromatic nitrogens is 4. The zero-order valence-electron chi connectivity index (χ0n) is 42.4. The summed E-state index contributed by atoms with van der Waals surface area (Å²) in [6.45, 7) is 9.23. The SMILES string of the molecule is CCCCc1c2nc(c(CCCC)c3[n-]c(c(CCCC)c4nc(c(CCCC)c5[n-]c1c1cc6ccccc6cc51)-c1cc5ccccc5cc1-4)c1cc4ccccc4cc31)-c1cc3ccccc3cc1-2.[Pt+2]. The molecule has 73 heavy (non-hydrogen) atoms. The Morgan fingerprint density at radius 2 is 0.507 bits per heavy atom. The van der Waals surface area contributed by atoms with Gasteiger partial charge in [0.1, 0.15) is 0 Å². The van der Waals surface area contributed by atoms with Crippen molar-refractivity contribution in [1.29, 1.82) is 0 Å². The molecule has 3 aromatic heterocycles. The van der Waals surface area contributed by atoms with Gasteiger partial charge in [-0.3, -0.25) is 0 Å². The van der Waals surface area contributed by atoms with Gasteiger partial charge in [0, 0.05) is 22.3 Å². The molecule has 4 nitrogen and oxygen atoms in total. The van der Waals surface area contributed by atoms with E-state index in [-0.39, 0.29) is 21.1 Å². The molecule has 5 heteroatoms. The van der Waals surface area contributed by atoms with Gasteiger partial charge in [0.15, 0.2) is 0 Å². The van der Waals surface area contributed by atoms with Crippen molar-refractivity contribution in [2.75, 3.05) is 0 Å². The van der Waals surface area contributed by atoms with Crippen LogP contribution in [-0.2, 0) is 46.7 Å². The number of benzene rings is 8. The third kappa shape index (κ3) is 7.91. The molecule has 0 amide bonds. The molecule has 2 aliphatic heterocycles. The van der Waals surface area contributed by atoms with Crippen molar-refractivity contribution in [3.8, 4) is 45.0 Å². The van der Waals surface area contributed by atoms with Crippen LogP contribution in [0.3, 0.4) is 0 Å². The van der Waals surface area contributed by atoms with E-state index in [0.717, 1.165) is 122 Å². The summed E-state index contributed by atoms with van der Waals surface area (Å²) in [6, 6.07) is 54.8. The first kappa shape index (κ1) is 47.2. The maximum Gasteiger partial charge on any atom is 2.00 e. The number of nitrogens with zero attached hydrogens (tertiary/aromatic N) is 4. The molecule has 0 spiro atoms. The summed E-state index contributed by atoms with van der Waals surface area (Å²) in [6.07, 6.45) is 11.8. The van der Waals surface area contributed by atoms with Crippen molar-refractivity contribution in [2.24, 2.45) is 0 Å². The molecular weight excluding hydrogens is 1070 g/mol. The number of unbranched alkanes of at least 4 members (excludes halogenated alkanes) is 4. The van der Waals surface area contributed by atoms with E-state index in [0.29, 0.717) is 0 Å². The van der Waals surface area contributed by atoms with Crippen LogP contribution >= 0.6 is 0 Å². The van der Waals surface area contributed by atoms with Gasteiger partial charge >= 0.3 is 21.1 Å². The summed E-state index contributed by atoms with van der Waals surface area (Å²) >= 11 is 0. The smallest absolute Gasteiger partial charge is 0.656 e. The minimum absolute atomic E-state index is 0. The van der Waals surface area contributed by atoms with E-state index in [1.807, 2.05) is 0 Å². The molecular formula is C68H60N4Pt. The average molecular weight is 1130 g/mol. The maximum atomic E-state index is 6.06. The second-order valence-electron chi connectivity index (χ2n) is 20.5. The number of hydrogen-bond acceptors (Lipinski definition) is 2. The zero-order chi connectivity index (χ0) is 48.5. The van der Waals surface area contributed by atoms with E-state index in [2.05, 4.69) is 173 Å². The molecule has 8 aromatic carbocycles. The van der Waals surface area contributed by atoms with Crippen LogP contribution in [0.5, 0.6) is 0 Å². The Bertz CT molecular complexity index is 3650. The van der Waals surface area contributed by atoms with E-state index in [9.17, 15) is 0 Å². The molecule has 362 valence electrons. The van der Waals surface area contributed by atoms with Crippen LogP contribution < -0.4 is 9.97 Å². The number of fused-ring (bicyclic) bond motifs is 24. The first-order valence-corrected chi connectivity index (χ1v) is 27.0. The van der Waals surface area contributed by atoms with Crippen molar-refractivity contribution in [3.63, 3.8) is 0 Å². The summed E-state index contributed by atoms with van der Waals surface area (Å²) in [4.78, 5) is 24.2. The molecule has 0 N–H and O–H groups in total. The molecule has 0 saturated heterocycles. The van der Waals surface area contributed by atoms with Crippen molar-refractivity contribution in [2.45, 2.75) is 105 Å². The minimum atomic E-state index is 0. The minimum Gasteiger partial charge on any atom is -0.656 e. The molecule has 11 aromatic rings. The molecule has 0 saturated carbocycles. The molecule has 2 aliphatic rings. The molecule has 8 bridgehead atoms. The van der Waals surface area contributed by atoms with Crippen LogP contribution in [0.4, 0.5) is 0 Å². The van der Waals surface area contributed by atoms with Crippen LogP contribution in [0.2, 0.25) is 0 Å². The predicted molar refractivity (Wildman–Crippen MR) is 307 cm³/mol. The van der Waals surface area contributed by atoms with Gasteiger partial charge in [-0.25, -0.2) is 9.97 Å². The molecule has 0 radical (unpaired) electrons. The van der Waals surface area contributed by atoms with Gasteiger partial charge in [0.05, 0.1) is 22.8 Å². The molecule has 13 rings (SSSR count). The summed E-state index contributed by atoms with van der Waals surface area (Å²) in [5.74, 6) is 0. The van der Waals surface area contributed by atoms with E-state index >= 15 is 0 Å². The third-order valence-corrected chi connectivity index (χ3v) is 15.9. The second kappa shape index (κ2) is 19.5. The van der Waals surface area contributed by atoms with Gasteiger partial charge in [0.2, 0.25) is 0 Å². The summed E-state index contributed by atoms with van der Waals surface area (Å²) in [7, 11) is 0. The van der Waals surface area contributed by atoms with Crippen molar-refractivity contribution in [3.05, 3.63) is 168 Å². The fraction of sp³-hybridized carbons (Fsp3) is 0.235. The van der Waals surface area contributed by atoms with Crippen LogP contribution in [0, 0.1) is 0 Å². The Balaban J connectivity index is 0.00000543. The van der Waals surface area contributed by atoms with Gasteiger partial charge < -0.3 is 9.97 Å². The fourth-order valence-electron chi connectivity index (χ4n) is 12.1. The van der Waals surface area contributed by atoms with E-state index < -0.39 is 0 Å². The monoisotopic (exact) mass is 1130 g/mol. The van der Waals surface area contributed by atoms with Crippen LogP contribution in [0.1, 0.15) is 101 Å². The Labute approximate surface area is 442 Å². The number of hydrogen-bond donors (Lipinski definition) is 0. The average Bonchev–Trinajstić information content (AvgIpc) is 4.18. The van der Waals surface area contributed by atoms with Crippen LogP contribution in [0.15, 0.2) is 146 Å². The Hall–Kier alpha value is -6.87. The maximum absolute atomic E-state index is 6.06. The van der Waals surface area contributed by atoms with Crippen molar-refractivity contribution in [1.82, 2.24) is 19.9 Å². The topological polar surface area (TPSA) is 54.0 Å². The number of aryl methyl sites for hydroxylation is 4. The zero-order valence-corrected chi connectivity index (χ0v) is 44.7. The van der Waals surface area contributed by atoms with Crippen LogP contribution in [0.25, 0.3) is 132 Å². The molecule has 0 fully saturated rings. The quantitative estimate of drug-likeness (QED) is 0.122. The Morgan fingerprint density at radius 3 is 0.712 bits per heavy atom. The predicted octanol–water partition coefficient (Wildman–Crippen LogP) is 18.5. The molecule has 0 unspecified atom stereocenters. The van der Waals surface area contributed by atoms with E-state index in [1.165, 1.54) is 109 Å². The van der Waals surface area contributed by atoms with E-state index in [1.54, 1.807) is 0 Å². The Morgan fingerprint density at radius 1 is 0.301 bits per heavy atom. The van der Waals surface area contributed by atoms with Crippen LogP contribution in [-0.4, -0.2) is 9.97 Å². The van der Waals surface area contributed by atoms with Gasteiger partial charge in [0.25, 0.3) is 0 Å². The first-order chi connectivity index (χ1) is 35.5. The summed E-state index contributed by atoms with van der Waals surface area (Å²) in [5.41, 5.74) is 18.1. The largest absolute Gasteiger partial charge is 2.00 e. The standard InChI is InChI=1S/C68H60N4.Pt/c1-5-9-29-49-61-53-33-41-21-13-15-23-43(41)35-55(53)63(69-61)50(30-10-6-2)65-57-37-45-25-17-19-27-47(45)39-59(57)67(71-65)52(32-12-8-4)68-60-40-48-28-20-18-26-46(48)38-58(60)66(72-68)51(31-11-7-3)64-56-36-44-24-16-14-22-42(44)34-54(56)62(49)70-64;/h13-28,33-40H,5-12,29-32H2,1-4H3;/q-2;+2. The van der Waals surface area contributed by atoms with Gasteiger partial charge in [-0.2, -0.15) is 0 Å². The van der Waals surface area contributed by atoms with Crippen molar-refractivity contribution < 1.29 is 21.1 Å². The summed E-state index contributed by atoms with van der Waals surface area (Å²) < 4.78 is 0.